The number of carbonyl (C=O) groups excluding carboxylic acids is 1. The zero-order valence-corrected chi connectivity index (χ0v) is 16.1. The van der Waals surface area contributed by atoms with Crippen LogP contribution in [0.2, 0.25) is 5.02 Å². The van der Waals surface area contributed by atoms with E-state index in [-0.39, 0.29) is 18.1 Å². The SMILES string of the molecule is CC1=C(C(=O)OC(C)C)[C@@H](c2ccc(Cl)cc2)n2c(nc3ccccc32)N1. The van der Waals surface area contributed by atoms with Gasteiger partial charge in [-0.1, -0.05) is 35.9 Å². The third-order valence-corrected chi connectivity index (χ3v) is 4.83. The maximum Gasteiger partial charge on any atom is 0.338 e. The number of benzene rings is 2. The van der Waals surface area contributed by atoms with Crippen molar-refractivity contribution in [1.82, 2.24) is 9.55 Å². The Hall–Kier alpha value is -2.79. The number of carbonyl (C=O) groups is 1. The largest absolute Gasteiger partial charge is 0.459 e. The first kappa shape index (κ1) is 17.6. The summed E-state index contributed by atoms with van der Waals surface area (Å²) in [5.41, 5.74) is 4.07. The first-order chi connectivity index (χ1) is 13.0. The van der Waals surface area contributed by atoms with E-state index in [0.717, 1.165) is 22.3 Å². The van der Waals surface area contributed by atoms with E-state index in [0.29, 0.717) is 16.5 Å². The number of hydrogen-bond donors (Lipinski definition) is 1. The third-order valence-electron chi connectivity index (χ3n) is 4.58. The molecule has 1 aliphatic rings. The number of imidazole rings is 1. The zero-order chi connectivity index (χ0) is 19.1. The van der Waals surface area contributed by atoms with Crippen LogP contribution < -0.4 is 5.32 Å². The quantitative estimate of drug-likeness (QED) is 0.653. The number of fused-ring (bicyclic) bond motifs is 3. The highest BCUT2D eigenvalue weighted by molar-refractivity contribution is 6.30. The van der Waals surface area contributed by atoms with Gasteiger partial charge in [0.1, 0.15) is 0 Å². The lowest BCUT2D eigenvalue weighted by atomic mass is 9.95. The Morgan fingerprint density at radius 3 is 2.59 bits per heavy atom. The number of ether oxygens (including phenoxy) is 1. The molecule has 2 heterocycles. The predicted octanol–water partition coefficient (Wildman–Crippen LogP) is 4.93. The van der Waals surface area contributed by atoms with E-state index < -0.39 is 0 Å². The minimum atomic E-state index is -0.350. The van der Waals surface area contributed by atoms with Gasteiger partial charge in [-0.15, -0.1) is 0 Å². The summed E-state index contributed by atoms with van der Waals surface area (Å²) in [5.74, 6) is 0.369. The summed E-state index contributed by atoms with van der Waals surface area (Å²) in [4.78, 5) is 17.6. The third kappa shape index (κ3) is 3.08. The Labute approximate surface area is 162 Å². The number of allylic oxidation sites excluding steroid dienone is 1. The molecule has 3 aromatic rings. The lowest BCUT2D eigenvalue weighted by Gasteiger charge is -2.30. The average molecular weight is 382 g/mol. The van der Waals surface area contributed by atoms with Crippen molar-refractivity contribution in [3.63, 3.8) is 0 Å². The molecule has 0 amide bonds. The van der Waals surface area contributed by atoms with Crippen molar-refractivity contribution in [2.24, 2.45) is 0 Å². The second-order valence-electron chi connectivity index (χ2n) is 6.87. The molecule has 1 N–H and O–H groups in total. The fraction of sp³-hybridized carbons (Fsp3) is 0.238. The normalized spacial score (nSPS) is 16.4. The fourth-order valence-electron chi connectivity index (χ4n) is 3.47. The van der Waals surface area contributed by atoms with Crippen molar-refractivity contribution in [3.05, 3.63) is 70.4 Å². The van der Waals surface area contributed by atoms with Crippen LogP contribution in [0.5, 0.6) is 0 Å². The van der Waals surface area contributed by atoms with Crippen LogP contribution in [0.25, 0.3) is 11.0 Å². The summed E-state index contributed by atoms with van der Waals surface area (Å²) in [6.07, 6.45) is -0.204. The number of para-hydroxylation sites is 2. The predicted molar refractivity (Wildman–Crippen MR) is 107 cm³/mol. The van der Waals surface area contributed by atoms with Gasteiger partial charge in [0.2, 0.25) is 5.95 Å². The lowest BCUT2D eigenvalue weighted by Crippen LogP contribution is -2.29. The number of anilines is 1. The average Bonchev–Trinajstić information content (AvgIpc) is 2.98. The van der Waals surface area contributed by atoms with Crippen LogP contribution in [-0.4, -0.2) is 21.6 Å². The summed E-state index contributed by atoms with van der Waals surface area (Å²) in [5, 5.41) is 3.92. The van der Waals surface area contributed by atoms with E-state index in [4.69, 9.17) is 21.3 Å². The molecule has 0 bridgehead atoms. The van der Waals surface area contributed by atoms with Crippen LogP contribution in [0.15, 0.2) is 59.8 Å². The van der Waals surface area contributed by atoms with Crippen molar-refractivity contribution in [1.29, 1.82) is 0 Å². The Morgan fingerprint density at radius 1 is 1.19 bits per heavy atom. The summed E-state index contributed by atoms with van der Waals surface area (Å²) in [6, 6.07) is 15.1. The molecule has 4 rings (SSSR count). The van der Waals surface area contributed by atoms with Gasteiger partial charge in [0.15, 0.2) is 0 Å². The minimum Gasteiger partial charge on any atom is -0.459 e. The highest BCUT2D eigenvalue weighted by Crippen LogP contribution is 2.39. The van der Waals surface area contributed by atoms with Gasteiger partial charge in [-0.2, -0.15) is 0 Å². The van der Waals surface area contributed by atoms with Gasteiger partial charge in [0, 0.05) is 10.7 Å². The molecule has 1 aliphatic heterocycles. The van der Waals surface area contributed by atoms with Crippen molar-refractivity contribution in [2.75, 3.05) is 5.32 Å². The highest BCUT2D eigenvalue weighted by atomic mass is 35.5. The topological polar surface area (TPSA) is 56.2 Å². The van der Waals surface area contributed by atoms with Crippen LogP contribution in [-0.2, 0) is 9.53 Å². The minimum absolute atomic E-state index is 0.204. The number of nitrogens with one attached hydrogen (secondary N) is 1. The maximum atomic E-state index is 13.0. The van der Waals surface area contributed by atoms with E-state index in [1.54, 1.807) is 0 Å². The molecule has 0 spiro atoms. The van der Waals surface area contributed by atoms with Crippen molar-refractivity contribution >= 4 is 34.6 Å². The van der Waals surface area contributed by atoms with Crippen molar-refractivity contribution < 1.29 is 9.53 Å². The summed E-state index contributed by atoms with van der Waals surface area (Å²) in [6.45, 7) is 5.57. The monoisotopic (exact) mass is 381 g/mol. The number of esters is 1. The van der Waals surface area contributed by atoms with Gasteiger partial charge < -0.3 is 10.1 Å². The van der Waals surface area contributed by atoms with Crippen LogP contribution in [0.4, 0.5) is 5.95 Å². The van der Waals surface area contributed by atoms with E-state index in [9.17, 15) is 4.79 Å². The second kappa shape index (κ2) is 6.74. The van der Waals surface area contributed by atoms with Crippen LogP contribution in [0.1, 0.15) is 32.4 Å². The first-order valence-electron chi connectivity index (χ1n) is 8.87. The highest BCUT2D eigenvalue weighted by Gasteiger charge is 2.35. The van der Waals surface area contributed by atoms with Gasteiger partial charge in [-0.05, 0) is 50.6 Å². The standard InChI is InChI=1S/C21H20ClN3O2/c1-12(2)27-20(26)18-13(3)23-21-24-16-6-4-5-7-17(16)25(21)19(18)14-8-10-15(22)11-9-14/h4-12,19H,1-3H3,(H,23,24)/t19-/m1/s1. The molecule has 6 heteroatoms. The number of rotatable bonds is 3. The van der Waals surface area contributed by atoms with Crippen molar-refractivity contribution in [2.45, 2.75) is 32.9 Å². The Balaban J connectivity index is 1.95. The molecule has 0 unspecified atom stereocenters. The van der Waals surface area contributed by atoms with Crippen LogP contribution in [0, 0.1) is 0 Å². The van der Waals surface area contributed by atoms with Crippen LogP contribution >= 0.6 is 11.6 Å². The molecule has 0 radical (unpaired) electrons. The van der Waals surface area contributed by atoms with Gasteiger partial charge in [-0.3, -0.25) is 4.57 Å². The Kier molecular flexibility index (Phi) is 4.40. The molecular formula is C21H20ClN3O2. The molecule has 0 saturated carbocycles. The first-order valence-corrected chi connectivity index (χ1v) is 9.24. The van der Waals surface area contributed by atoms with Crippen LogP contribution in [0.3, 0.4) is 0 Å². The number of aromatic nitrogens is 2. The van der Waals surface area contributed by atoms with E-state index in [2.05, 4.69) is 5.32 Å². The summed E-state index contributed by atoms with van der Waals surface area (Å²) in [7, 11) is 0. The smallest absolute Gasteiger partial charge is 0.338 e. The molecule has 2 aromatic carbocycles. The van der Waals surface area contributed by atoms with Gasteiger partial charge >= 0.3 is 5.97 Å². The number of halogens is 1. The molecule has 138 valence electrons. The molecular weight excluding hydrogens is 362 g/mol. The van der Waals surface area contributed by atoms with Gasteiger partial charge in [0.25, 0.3) is 0 Å². The number of nitrogens with zero attached hydrogens (tertiary/aromatic N) is 2. The molecule has 0 fully saturated rings. The second-order valence-corrected chi connectivity index (χ2v) is 7.30. The lowest BCUT2D eigenvalue weighted by molar-refractivity contribution is -0.143. The van der Waals surface area contributed by atoms with E-state index in [1.165, 1.54) is 0 Å². The molecule has 27 heavy (non-hydrogen) atoms. The molecule has 1 aromatic heterocycles. The maximum absolute atomic E-state index is 13.0. The number of hydrogen-bond acceptors (Lipinski definition) is 4. The molecule has 0 aliphatic carbocycles. The summed E-state index contributed by atoms with van der Waals surface area (Å²) >= 11 is 6.09. The zero-order valence-electron chi connectivity index (χ0n) is 15.4. The Bertz CT molecular complexity index is 1050. The Morgan fingerprint density at radius 2 is 1.89 bits per heavy atom. The molecule has 0 saturated heterocycles. The van der Waals surface area contributed by atoms with Gasteiger partial charge in [0.05, 0.1) is 28.8 Å². The van der Waals surface area contributed by atoms with Crippen molar-refractivity contribution in [3.8, 4) is 0 Å². The van der Waals surface area contributed by atoms with E-state index in [1.807, 2.05) is 73.9 Å². The van der Waals surface area contributed by atoms with Gasteiger partial charge in [-0.25, -0.2) is 9.78 Å². The fourth-order valence-corrected chi connectivity index (χ4v) is 3.59. The van der Waals surface area contributed by atoms with E-state index >= 15 is 0 Å². The molecule has 5 nitrogen and oxygen atoms in total. The molecule has 1 atom stereocenters. The summed E-state index contributed by atoms with van der Waals surface area (Å²) < 4.78 is 7.59.